The van der Waals surface area contributed by atoms with E-state index in [-0.39, 0.29) is 153 Å². The minimum Gasteiger partial charge on any atom is -0.480 e. The van der Waals surface area contributed by atoms with Gasteiger partial charge < -0.3 is 72.5 Å². The van der Waals surface area contributed by atoms with Gasteiger partial charge in [-0.2, -0.15) is 35.3 Å². The van der Waals surface area contributed by atoms with Crippen LogP contribution in [-0.2, 0) is 90.8 Å². The number of amides is 9. The molecule has 2 aromatic rings. The molecule has 0 saturated carbocycles. The number of hydrogen-bond donors (Lipinski definition) is 11. The minimum absolute atomic E-state index is 0.0214. The number of aliphatic hydroxyl groups is 1. The van der Waals surface area contributed by atoms with Crippen molar-refractivity contribution in [3.63, 3.8) is 0 Å². The summed E-state index contributed by atoms with van der Waals surface area (Å²) in [6.45, 7) is 3.87. The maximum absolute atomic E-state index is 15.0. The standard InChI is InChI=1S/C71H105N13O19S3/c1-4-5-7-18-59(88)73-55-45-106-43-50-33-48(41-104-31-12-15-51(86)36-79-23-25-80(38-61(91)92)27-29-82(40-63(95)96)30-28-81(26-24-79)39-62(93)94)32-49(34-50)42-105-44-54(69(101)78(3)37-60(89)90)76-66(98)53(35-47-13-8-6-9-14-47)75-65(97)52(19-20-58(72)87)74-68(100)64(46(2)85)77-67(99)56-16-10-21-83(56)71(103)57-17-11-22-84(57)70(55)102/h6,8-9,13-14,32-34,46,52-57,64,85H,4-5,7,10-12,15-31,35-45H2,1-3H3,(H2,72,87)(H,73,88)(H,74,100)(H,75,97)(H,76,98)(H,77,99)(H,89,90)(H,91,92)(H,93,94)(H,95,96)/t46-,52+,53+,54+,55+,56+,57+,64+/m1/s1. The Labute approximate surface area is 630 Å². The average Bonchev–Trinajstić information content (AvgIpc) is 1.63. The third kappa shape index (κ3) is 30.0. The van der Waals surface area contributed by atoms with Crippen molar-refractivity contribution in [2.75, 3.05) is 122 Å². The van der Waals surface area contributed by atoms with E-state index >= 15 is 0 Å². The summed E-state index contributed by atoms with van der Waals surface area (Å²) < 4.78 is 0. The smallest absolute Gasteiger partial charge is 0.323 e. The zero-order valence-electron chi connectivity index (χ0n) is 60.7. The van der Waals surface area contributed by atoms with Crippen molar-refractivity contribution in [1.82, 2.24) is 60.9 Å². The lowest BCUT2D eigenvalue weighted by molar-refractivity contribution is -0.148. The van der Waals surface area contributed by atoms with Crippen molar-refractivity contribution in [2.45, 2.75) is 163 Å². The molecule has 3 saturated heterocycles. The molecule has 106 heavy (non-hydrogen) atoms. The molecule has 0 unspecified atom stereocenters. The van der Waals surface area contributed by atoms with E-state index < -0.39 is 139 Å². The number of benzene rings is 2. The fraction of sp³-hybridized carbons (Fsp3) is 0.634. The second-order valence-electron chi connectivity index (χ2n) is 27.3. The number of carboxylic acids is 4. The number of unbranched alkanes of at least 4 members (excludes halogenated alkanes) is 2. The molecule has 0 radical (unpaired) electrons. The Morgan fingerprint density at radius 3 is 1.69 bits per heavy atom. The molecule has 4 aliphatic rings. The summed E-state index contributed by atoms with van der Waals surface area (Å²) in [4.78, 5) is 200. The molecule has 0 aromatic heterocycles. The first-order chi connectivity index (χ1) is 50.6. The number of nitrogens with zero attached hydrogens (tertiary/aromatic N) is 7. The Bertz CT molecular complexity index is 3330. The van der Waals surface area contributed by atoms with Crippen LogP contribution in [0.1, 0.15) is 113 Å². The number of carbonyl (C=O) groups is 14. The van der Waals surface area contributed by atoms with Gasteiger partial charge in [-0.3, -0.25) is 86.7 Å². The van der Waals surface area contributed by atoms with Crippen molar-refractivity contribution >= 4 is 118 Å². The second-order valence-corrected chi connectivity index (χ2v) is 30.5. The molecule has 586 valence electrons. The zero-order valence-corrected chi connectivity index (χ0v) is 63.1. The van der Waals surface area contributed by atoms with Gasteiger partial charge in [-0.25, -0.2) is 0 Å². The molecule has 3 fully saturated rings. The molecule has 32 nitrogen and oxygen atoms in total. The van der Waals surface area contributed by atoms with Crippen LogP contribution in [0.5, 0.6) is 0 Å². The first-order valence-corrected chi connectivity index (χ1v) is 39.5. The van der Waals surface area contributed by atoms with Crippen molar-refractivity contribution in [3.05, 3.63) is 70.8 Å². The average molecular weight is 1540 g/mol. The molecule has 35 heteroatoms. The number of carboxylic acid groups (broad SMARTS) is 4. The monoisotopic (exact) mass is 1540 g/mol. The highest BCUT2D eigenvalue weighted by Crippen LogP contribution is 2.29. The van der Waals surface area contributed by atoms with Gasteiger partial charge in [-0.15, -0.1) is 0 Å². The Morgan fingerprint density at radius 1 is 0.604 bits per heavy atom. The molecular formula is C71H105N13O19S3. The fourth-order valence-corrected chi connectivity index (χ4v) is 16.0. The number of aliphatic carboxylic acids is 4. The van der Waals surface area contributed by atoms with E-state index in [0.29, 0.717) is 48.5 Å². The van der Waals surface area contributed by atoms with Crippen molar-refractivity contribution in [1.29, 1.82) is 0 Å². The summed E-state index contributed by atoms with van der Waals surface area (Å²) in [6.07, 6.45) is 1.57. The lowest BCUT2D eigenvalue weighted by Crippen LogP contribution is -2.61. The molecule has 12 N–H and O–H groups in total. The van der Waals surface area contributed by atoms with Crippen LogP contribution in [-0.4, -0.2) is 314 Å². The van der Waals surface area contributed by atoms with Crippen LogP contribution in [0.15, 0.2) is 48.5 Å². The largest absolute Gasteiger partial charge is 0.480 e. The Hall–Kier alpha value is -7.93. The second kappa shape index (κ2) is 45.0. The Balaban J connectivity index is 1.31. The van der Waals surface area contributed by atoms with Crippen molar-refractivity contribution < 1.29 is 92.7 Å². The van der Waals surface area contributed by atoms with E-state index in [4.69, 9.17) is 5.73 Å². The SMILES string of the molecule is CCCCCC(=O)N[C@H]1CSCc2cc(CSCCCC(=O)CN3CCN(CC(=O)O)CCN(CC(=O)O)CCN(CC(=O)O)CC3)cc(c2)CSC[C@@H](C(=O)N(C)CC(=O)O)NC(=O)[C@H](Cc2ccccc2)NC(=O)[C@H](CCC(N)=O)NC(=O)[C@H]([C@@H](C)O)NC(=O)[C@@H]2CCCN2C(=O)[C@@H]2CCCN2C1=O. The maximum atomic E-state index is 15.0. The van der Waals surface area contributed by atoms with E-state index in [0.717, 1.165) is 34.4 Å². The zero-order chi connectivity index (χ0) is 77.4. The number of aliphatic hydroxyl groups excluding tert-OH is 1. The van der Waals surface area contributed by atoms with E-state index in [1.165, 1.54) is 47.3 Å². The summed E-state index contributed by atoms with van der Waals surface area (Å²) in [5.74, 6) is -9.90. The molecule has 8 atom stereocenters. The van der Waals surface area contributed by atoms with Crippen LogP contribution >= 0.6 is 35.3 Å². The molecule has 4 heterocycles. The number of primary amides is 1. The fourth-order valence-electron chi connectivity index (χ4n) is 13.1. The molecule has 2 aromatic carbocycles. The number of carbonyl (C=O) groups excluding carboxylic acids is 10. The van der Waals surface area contributed by atoms with E-state index in [1.54, 1.807) is 56.8 Å². The van der Waals surface area contributed by atoms with Crippen molar-refractivity contribution in [2.24, 2.45) is 5.73 Å². The molecular weight excluding hydrogens is 1440 g/mol. The van der Waals surface area contributed by atoms with Gasteiger partial charge in [0.15, 0.2) is 0 Å². The maximum Gasteiger partial charge on any atom is 0.323 e. The molecule has 9 amide bonds. The summed E-state index contributed by atoms with van der Waals surface area (Å²) >= 11 is 4.17. The summed E-state index contributed by atoms with van der Waals surface area (Å²) in [7, 11) is 1.26. The predicted octanol–water partition coefficient (Wildman–Crippen LogP) is -0.357. The number of Topliss-reactive ketones (excluding diaryl/α,β-unsaturated/α-hetero) is 1. The Morgan fingerprint density at radius 2 is 1.14 bits per heavy atom. The molecule has 4 aliphatic heterocycles. The summed E-state index contributed by atoms with van der Waals surface area (Å²) in [5, 5.41) is 63.3. The van der Waals surface area contributed by atoms with Crippen LogP contribution in [0.4, 0.5) is 0 Å². The predicted molar refractivity (Wildman–Crippen MR) is 397 cm³/mol. The number of hydrogen-bond acceptors (Lipinski definition) is 22. The highest BCUT2D eigenvalue weighted by atomic mass is 32.2. The van der Waals surface area contributed by atoms with Crippen LogP contribution in [0.3, 0.4) is 0 Å². The lowest BCUT2D eigenvalue weighted by Gasteiger charge is -2.33. The van der Waals surface area contributed by atoms with E-state index in [1.807, 2.05) is 30.0 Å². The number of thioether (sulfide) groups is 3. The topological polar surface area (TPSA) is 449 Å². The van der Waals surface area contributed by atoms with Gasteiger partial charge >= 0.3 is 23.9 Å². The number of fused-ring (bicyclic) bond motifs is 4. The summed E-state index contributed by atoms with van der Waals surface area (Å²) in [5.41, 5.74) is 8.54. The lowest BCUT2D eigenvalue weighted by atomic mass is 10.0. The minimum atomic E-state index is -1.74. The van der Waals surface area contributed by atoms with Crippen LogP contribution in [0, 0.1) is 0 Å². The van der Waals surface area contributed by atoms with Gasteiger partial charge in [0.25, 0.3) is 0 Å². The van der Waals surface area contributed by atoms with Crippen LogP contribution in [0.2, 0.25) is 0 Å². The van der Waals surface area contributed by atoms with Crippen LogP contribution < -0.4 is 32.3 Å². The molecule has 0 aliphatic carbocycles. The first-order valence-electron chi connectivity index (χ1n) is 36.1. The van der Waals surface area contributed by atoms with Gasteiger partial charge in [-0.05, 0) is 79.9 Å². The van der Waals surface area contributed by atoms with Gasteiger partial charge in [0.05, 0.1) is 32.3 Å². The quantitative estimate of drug-likeness (QED) is 0.0485. The third-order valence-electron chi connectivity index (χ3n) is 18.6. The molecule has 2 bridgehead atoms. The van der Waals surface area contributed by atoms with Gasteiger partial charge in [0.2, 0.25) is 53.2 Å². The van der Waals surface area contributed by atoms with E-state index in [9.17, 15) is 92.7 Å². The number of rotatable bonds is 28. The first kappa shape index (κ1) is 87.0. The normalized spacial score (nSPS) is 22.8. The Kier molecular flexibility index (Phi) is 36.9. The van der Waals surface area contributed by atoms with Gasteiger partial charge in [-0.1, -0.05) is 68.3 Å². The van der Waals surface area contributed by atoms with Crippen LogP contribution in [0.25, 0.3) is 0 Å². The highest BCUT2D eigenvalue weighted by Gasteiger charge is 2.45. The molecule has 0 spiro atoms. The van der Waals surface area contributed by atoms with Gasteiger partial charge in [0.1, 0.15) is 54.6 Å². The third-order valence-corrected chi connectivity index (χ3v) is 21.9. The van der Waals surface area contributed by atoms with Gasteiger partial charge in [0, 0.05) is 127 Å². The van der Waals surface area contributed by atoms with Crippen molar-refractivity contribution in [3.8, 4) is 0 Å². The number of likely N-dealkylation sites (N-methyl/N-ethyl adjacent to an activating group) is 1. The number of nitrogens with one attached hydrogen (secondary N) is 5. The molecule has 6 rings (SSSR count). The van der Waals surface area contributed by atoms with E-state index in [2.05, 4.69) is 26.6 Å². The number of nitrogens with two attached hydrogens (primary N) is 1. The number of ketones is 1. The highest BCUT2D eigenvalue weighted by molar-refractivity contribution is 7.99. The summed E-state index contributed by atoms with van der Waals surface area (Å²) in [6, 6.07) is 4.88.